The van der Waals surface area contributed by atoms with Crippen LogP contribution in [0.15, 0.2) is 112 Å². The number of oxazole rings is 1. The minimum atomic E-state index is 0.514. The van der Waals surface area contributed by atoms with E-state index in [-0.39, 0.29) is 0 Å². The third-order valence-electron chi connectivity index (χ3n) is 7.83. The van der Waals surface area contributed by atoms with E-state index >= 15 is 0 Å². The summed E-state index contributed by atoms with van der Waals surface area (Å²) in [5.74, 6) is 1.76. The molecule has 0 saturated carbocycles. The highest BCUT2D eigenvalue weighted by Gasteiger charge is 2.26. The molecule has 8 aromatic rings. The lowest BCUT2D eigenvalue weighted by molar-refractivity contribution is 0.605. The average molecular weight is 532 g/mol. The van der Waals surface area contributed by atoms with Crippen molar-refractivity contribution < 1.29 is 8.83 Å². The minimum Gasteiger partial charge on any atom is -0.454 e. The molecule has 0 spiro atoms. The second-order valence-corrected chi connectivity index (χ2v) is 10.2. The molecule has 41 heavy (non-hydrogen) atoms. The number of fused-ring (bicyclic) bond motifs is 10. The summed E-state index contributed by atoms with van der Waals surface area (Å²) >= 11 is 0. The summed E-state index contributed by atoms with van der Waals surface area (Å²) in [4.78, 5) is 19.7. The number of rotatable bonds is 3. The second kappa shape index (κ2) is 8.47. The van der Waals surface area contributed by atoms with Gasteiger partial charge in [-0.1, -0.05) is 85.0 Å². The van der Waals surface area contributed by atoms with Crippen molar-refractivity contribution in [3.8, 4) is 17.3 Å². The van der Waals surface area contributed by atoms with Crippen LogP contribution in [0.1, 0.15) is 18.7 Å². The zero-order chi connectivity index (χ0) is 26.9. The fourth-order valence-electron chi connectivity index (χ4n) is 6.03. The molecule has 0 bridgehead atoms. The Hall–Kier alpha value is -5.56. The molecule has 0 fully saturated rings. The van der Waals surface area contributed by atoms with Gasteiger partial charge >= 0.3 is 0 Å². The summed E-state index contributed by atoms with van der Waals surface area (Å²) in [6.07, 6.45) is 9.92. The van der Waals surface area contributed by atoms with Crippen molar-refractivity contribution in [3.05, 3.63) is 109 Å². The van der Waals surface area contributed by atoms with Crippen LogP contribution in [-0.4, -0.2) is 24.5 Å². The van der Waals surface area contributed by atoms with Crippen LogP contribution in [0.4, 0.5) is 0 Å². The second-order valence-electron chi connectivity index (χ2n) is 10.2. The minimum absolute atomic E-state index is 0.514. The molecule has 1 aliphatic rings. The van der Waals surface area contributed by atoms with E-state index in [1.54, 1.807) is 0 Å². The number of hydrogen-bond acceptors (Lipinski definition) is 6. The van der Waals surface area contributed by atoms with Gasteiger partial charge in [0.05, 0.1) is 16.3 Å². The first kappa shape index (κ1) is 22.3. The lowest BCUT2D eigenvalue weighted by atomic mass is 10.1. The number of nitrogens with zero attached hydrogens (tertiary/aromatic N) is 5. The standard InChI is InChI=1S/C34H21N5O2/c1-3-11-20(12-4-1)32-36-33(21-13-5-2-6-14-21)38-34(37-32)39-24-17-9-7-15-22(24)27-29(39)31-26(28-30(27)40-19-35-28)23-16-8-10-18-25(23)41-31/h1,3-5,7-19H,2,6H2. The highest BCUT2D eigenvalue weighted by atomic mass is 16.3. The Morgan fingerprint density at radius 3 is 2.39 bits per heavy atom. The summed E-state index contributed by atoms with van der Waals surface area (Å²) < 4.78 is 14.8. The monoisotopic (exact) mass is 531 g/mol. The van der Waals surface area contributed by atoms with Crippen molar-refractivity contribution >= 4 is 60.4 Å². The molecule has 1 aliphatic carbocycles. The Labute approximate surface area is 233 Å². The van der Waals surface area contributed by atoms with Gasteiger partial charge in [-0.05, 0) is 25.0 Å². The van der Waals surface area contributed by atoms with E-state index in [0.29, 0.717) is 23.2 Å². The SMILES string of the molecule is C1=CC(c2nc(-c3ccccc3)nc(-n3c4ccccc4c4c5ocnc5c5c6ccccc6oc5c43)n2)=CCC1. The van der Waals surface area contributed by atoms with Crippen LogP contribution in [0.3, 0.4) is 0 Å². The number of allylic oxidation sites excluding steroid dienone is 4. The molecule has 194 valence electrons. The van der Waals surface area contributed by atoms with E-state index in [9.17, 15) is 0 Å². The molecule has 0 atom stereocenters. The fraction of sp³-hybridized carbons (Fsp3) is 0.0588. The molecule has 0 N–H and O–H groups in total. The summed E-state index contributed by atoms with van der Waals surface area (Å²) in [6.45, 7) is 0. The van der Waals surface area contributed by atoms with Crippen LogP contribution in [0.25, 0.3) is 77.8 Å². The molecule has 0 saturated heterocycles. The lowest BCUT2D eigenvalue weighted by Crippen LogP contribution is -2.08. The van der Waals surface area contributed by atoms with Crippen molar-refractivity contribution in [3.63, 3.8) is 0 Å². The van der Waals surface area contributed by atoms with Gasteiger partial charge in [0, 0.05) is 21.9 Å². The third-order valence-corrected chi connectivity index (χ3v) is 7.83. The van der Waals surface area contributed by atoms with Gasteiger partial charge in [-0.3, -0.25) is 4.57 Å². The summed E-state index contributed by atoms with van der Waals surface area (Å²) in [6, 6.07) is 26.3. The molecule has 0 amide bonds. The summed E-state index contributed by atoms with van der Waals surface area (Å²) in [5, 5.41) is 3.82. The number of aromatic nitrogens is 5. The van der Waals surface area contributed by atoms with Gasteiger partial charge < -0.3 is 8.83 Å². The van der Waals surface area contributed by atoms with Gasteiger partial charge in [0.15, 0.2) is 29.2 Å². The smallest absolute Gasteiger partial charge is 0.238 e. The number of hydrogen-bond donors (Lipinski definition) is 0. The predicted octanol–water partition coefficient (Wildman–Crippen LogP) is 8.41. The Bertz CT molecular complexity index is 2370. The van der Waals surface area contributed by atoms with Gasteiger partial charge in [0.25, 0.3) is 0 Å². The van der Waals surface area contributed by atoms with Crippen LogP contribution in [0, 0.1) is 0 Å². The zero-order valence-electron chi connectivity index (χ0n) is 21.8. The molecule has 4 heterocycles. The molecule has 7 heteroatoms. The van der Waals surface area contributed by atoms with Gasteiger partial charge in [0.1, 0.15) is 16.6 Å². The maximum absolute atomic E-state index is 6.60. The van der Waals surface area contributed by atoms with E-state index in [4.69, 9.17) is 23.8 Å². The van der Waals surface area contributed by atoms with Crippen LogP contribution < -0.4 is 0 Å². The normalized spacial score (nSPS) is 13.7. The molecule has 7 nitrogen and oxygen atoms in total. The van der Waals surface area contributed by atoms with E-state index in [2.05, 4.69) is 46.0 Å². The van der Waals surface area contributed by atoms with Crippen molar-refractivity contribution in [2.24, 2.45) is 0 Å². The van der Waals surface area contributed by atoms with Crippen LogP contribution in [0.5, 0.6) is 0 Å². The van der Waals surface area contributed by atoms with Crippen molar-refractivity contribution in [1.82, 2.24) is 24.5 Å². The molecule has 4 aromatic carbocycles. The van der Waals surface area contributed by atoms with E-state index in [0.717, 1.165) is 73.2 Å². The third kappa shape index (κ3) is 3.20. The first-order chi connectivity index (χ1) is 20.3. The molecule has 4 aromatic heterocycles. The van der Waals surface area contributed by atoms with Crippen LogP contribution in [-0.2, 0) is 0 Å². The Morgan fingerprint density at radius 1 is 0.707 bits per heavy atom. The van der Waals surface area contributed by atoms with Crippen LogP contribution >= 0.6 is 0 Å². The summed E-state index contributed by atoms with van der Waals surface area (Å²) in [7, 11) is 0. The summed E-state index contributed by atoms with van der Waals surface area (Å²) in [5.41, 5.74) is 6.69. The molecule has 0 radical (unpaired) electrons. The first-order valence-electron chi connectivity index (χ1n) is 13.6. The van der Waals surface area contributed by atoms with Gasteiger partial charge in [-0.25, -0.2) is 9.97 Å². The van der Waals surface area contributed by atoms with E-state index in [1.807, 2.05) is 60.7 Å². The van der Waals surface area contributed by atoms with Crippen molar-refractivity contribution in [2.75, 3.05) is 0 Å². The lowest BCUT2D eigenvalue weighted by Gasteiger charge is -2.12. The van der Waals surface area contributed by atoms with Crippen molar-refractivity contribution in [1.29, 1.82) is 0 Å². The largest absolute Gasteiger partial charge is 0.454 e. The molecular formula is C34H21N5O2. The molecule has 0 unspecified atom stereocenters. The van der Waals surface area contributed by atoms with Crippen LogP contribution in [0.2, 0.25) is 0 Å². The highest BCUT2D eigenvalue weighted by molar-refractivity contribution is 6.32. The fourth-order valence-corrected chi connectivity index (χ4v) is 6.03. The van der Waals surface area contributed by atoms with Crippen molar-refractivity contribution in [2.45, 2.75) is 12.8 Å². The predicted molar refractivity (Wildman–Crippen MR) is 161 cm³/mol. The van der Waals surface area contributed by atoms with E-state index < -0.39 is 0 Å². The number of furan rings is 1. The molecular weight excluding hydrogens is 510 g/mol. The zero-order valence-corrected chi connectivity index (χ0v) is 21.8. The van der Waals surface area contributed by atoms with Gasteiger partial charge in [-0.15, -0.1) is 0 Å². The Kier molecular flexibility index (Phi) is 4.60. The number of para-hydroxylation sites is 2. The van der Waals surface area contributed by atoms with E-state index in [1.165, 1.54) is 6.39 Å². The molecule has 0 aliphatic heterocycles. The Balaban J connectivity index is 1.48. The topological polar surface area (TPSA) is 82.8 Å². The maximum atomic E-state index is 6.60. The van der Waals surface area contributed by atoms with Gasteiger partial charge in [-0.2, -0.15) is 9.97 Å². The number of benzene rings is 4. The Morgan fingerprint density at radius 2 is 1.51 bits per heavy atom. The maximum Gasteiger partial charge on any atom is 0.238 e. The quantitative estimate of drug-likeness (QED) is 0.228. The molecule has 9 rings (SSSR count). The highest BCUT2D eigenvalue weighted by Crippen LogP contribution is 2.45. The first-order valence-corrected chi connectivity index (χ1v) is 13.6. The average Bonchev–Trinajstić information content (AvgIpc) is 3.75. The van der Waals surface area contributed by atoms with Gasteiger partial charge in [0.2, 0.25) is 5.95 Å².